The van der Waals surface area contributed by atoms with Crippen molar-refractivity contribution in [2.24, 2.45) is 0 Å². The molecule has 2 amide bonds. The zero-order valence-electron chi connectivity index (χ0n) is 26.9. The molecule has 50 heavy (non-hydrogen) atoms. The molecule has 0 aliphatic heterocycles. The molecule has 0 saturated heterocycles. The van der Waals surface area contributed by atoms with Crippen LogP contribution in [0.4, 0.5) is 23.1 Å². The summed E-state index contributed by atoms with van der Waals surface area (Å²) < 4.78 is 65.0. The number of nitrogens with one attached hydrogen (secondary N) is 4. The number of rotatable bonds is 10. The molecule has 0 aliphatic carbocycles. The molecular weight excluding hydrogens is 725 g/mol. The molecule has 0 spiro atoms. The van der Waals surface area contributed by atoms with E-state index >= 15 is 0 Å². The molecule has 0 unspecified atom stereocenters. The van der Waals surface area contributed by atoms with E-state index in [9.17, 15) is 26.4 Å². The number of thiophene rings is 2. The van der Waals surface area contributed by atoms with Crippen molar-refractivity contribution in [1.29, 1.82) is 0 Å². The number of aromatic nitrogens is 2. The van der Waals surface area contributed by atoms with Crippen LogP contribution in [0.5, 0.6) is 0 Å². The van der Waals surface area contributed by atoms with Gasteiger partial charge in [-0.2, -0.15) is 0 Å². The number of hydrogen-bond donors (Lipinski definition) is 4. The second kappa shape index (κ2) is 15.1. The highest BCUT2D eigenvalue weighted by atomic mass is 32.3. The topological polar surface area (TPSA) is 203 Å². The summed E-state index contributed by atoms with van der Waals surface area (Å²) in [5.41, 5.74) is 3.65. The SMILES string of the molecule is Cc1noc(NS(=O)(=O)c2sccc2C(=O)Nc2ccccc2)c1C.Cc1noc(NS(=O)(=O)c2sccc2C(=O)Nc2ccccc2)c1C. The lowest BCUT2D eigenvalue weighted by Crippen LogP contribution is -2.18. The number of sulfonamides is 2. The van der Waals surface area contributed by atoms with Crippen LogP contribution < -0.4 is 20.1 Å². The van der Waals surface area contributed by atoms with Gasteiger partial charge >= 0.3 is 0 Å². The van der Waals surface area contributed by atoms with Crippen molar-refractivity contribution in [3.8, 4) is 0 Å². The predicted molar refractivity (Wildman–Crippen MR) is 191 cm³/mol. The van der Waals surface area contributed by atoms with Gasteiger partial charge in [-0.25, -0.2) is 26.3 Å². The Balaban J connectivity index is 0.000000194. The third-order valence-electron chi connectivity index (χ3n) is 7.07. The third kappa shape index (κ3) is 8.28. The Morgan fingerprint density at radius 3 is 1.26 bits per heavy atom. The van der Waals surface area contributed by atoms with Crippen LogP contribution in [0.2, 0.25) is 0 Å². The molecule has 4 heterocycles. The Kier molecular flexibility index (Phi) is 10.9. The van der Waals surface area contributed by atoms with E-state index in [2.05, 4.69) is 30.4 Å². The van der Waals surface area contributed by atoms with E-state index in [4.69, 9.17) is 9.05 Å². The lowest BCUT2D eigenvalue weighted by Gasteiger charge is -2.08. The average Bonchev–Trinajstić information content (AvgIpc) is 3.90. The van der Waals surface area contributed by atoms with Gasteiger partial charge in [0.25, 0.3) is 31.9 Å². The van der Waals surface area contributed by atoms with Crippen LogP contribution in [0.25, 0.3) is 0 Å². The minimum atomic E-state index is -3.97. The quantitative estimate of drug-likeness (QED) is 0.115. The first kappa shape index (κ1) is 36.0. The van der Waals surface area contributed by atoms with Gasteiger partial charge in [0.1, 0.15) is 0 Å². The van der Waals surface area contributed by atoms with Crippen LogP contribution >= 0.6 is 22.7 Å². The van der Waals surface area contributed by atoms with E-state index in [1.54, 1.807) is 87.0 Å². The molecule has 260 valence electrons. The monoisotopic (exact) mass is 754 g/mol. The molecule has 4 aromatic heterocycles. The molecule has 0 bridgehead atoms. The number of carbonyl (C=O) groups excluding carboxylic acids is 2. The van der Waals surface area contributed by atoms with Gasteiger partial charge in [0.05, 0.1) is 22.5 Å². The summed E-state index contributed by atoms with van der Waals surface area (Å²) in [4.78, 5) is 24.9. The lowest BCUT2D eigenvalue weighted by atomic mass is 10.3. The number of benzene rings is 2. The predicted octanol–water partition coefficient (Wildman–Crippen LogP) is 6.81. The van der Waals surface area contributed by atoms with Gasteiger partial charge in [-0.1, -0.05) is 46.7 Å². The highest BCUT2D eigenvalue weighted by Crippen LogP contribution is 2.29. The number of aryl methyl sites for hydroxylation is 2. The first-order valence-corrected chi connectivity index (χ1v) is 19.3. The standard InChI is InChI=1S/2C16H15N3O4S2/c2*1-10-11(2)18-23-15(10)19-25(21,22)16-13(8-9-24-16)14(20)17-12-6-4-3-5-7-12/h2*3-9,19H,1-2H3,(H,17,20). The summed E-state index contributed by atoms with van der Waals surface area (Å²) >= 11 is 1.91. The maximum atomic E-state index is 12.6. The number of anilines is 4. The molecule has 18 heteroatoms. The maximum Gasteiger partial charge on any atom is 0.274 e. The van der Waals surface area contributed by atoms with Crippen molar-refractivity contribution in [1.82, 2.24) is 10.3 Å². The molecule has 0 radical (unpaired) electrons. The number of para-hydroxylation sites is 2. The van der Waals surface area contributed by atoms with Gasteiger partial charge in [0, 0.05) is 22.5 Å². The summed E-state index contributed by atoms with van der Waals surface area (Å²) in [6, 6.07) is 20.6. The van der Waals surface area contributed by atoms with E-state index in [0.29, 0.717) is 33.9 Å². The molecule has 6 aromatic rings. The minimum Gasteiger partial charge on any atom is -0.337 e. The van der Waals surface area contributed by atoms with E-state index < -0.39 is 31.9 Å². The van der Waals surface area contributed by atoms with Crippen molar-refractivity contribution in [2.75, 3.05) is 20.1 Å². The third-order valence-corrected chi connectivity index (χ3v) is 12.7. The van der Waals surface area contributed by atoms with Crippen LogP contribution in [-0.4, -0.2) is 39.0 Å². The van der Waals surface area contributed by atoms with Crippen LogP contribution in [0.3, 0.4) is 0 Å². The fraction of sp³-hybridized carbons (Fsp3) is 0.125. The second-order valence-corrected chi connectivity index (χ2v) is 16.1. The summed E-state index contributed by atoms with van der Waals surface area (Å²) in [6.07, 6.45) is 0. The molecule has 0 fully saturated rings. The Bertz CT molecular complexity index is 2180. The van der Waals surface area contributed by atoms with Crippen molar-refractivity contribution in [2.45, 2.75) is 36.1 Å². The highest BCUT2D eigenvalue weighted by Gasteiger charge is 2.28. The summed E-state index contributed by atoms with van der Waals surface area (Å²) in [6.45, 7) is 6.81. The zero-order chi connectivity index (χ0) is 36.1. The average molecular weight is 755 g/mol. The number of nitrogens with zero attached hydrogens (tertiary/aromatic N) is 2. The van der Waals surface area contributed by atoms with Crippen molar-refractivity contribution < 1.29 is 35.5 Å². The summed E-state index contributed by atoms with van der Waals surface area (Å²) in [5.74, 6) is -0.919. The van der Waals surface area contributed by atoms with Gasteiger partial charge in [-0.3, -0.25) is 9.59 Å². The van der Waals surface area contributed by atoms with Crippen LogP contribution in [0.1, 0.15) is 43.2 Å². The molecule has 14 nitrogen and oxygen atoms in total. The molecule has 6 rings (SSSR count). The Morgan fingerprint density at radius 1 is 0.580 bits per heavy atom. The van der Waals surface area contributed by atoms with Gasteiger partial charge in [0.2, 0.25) is 11.8 Å². The second-order valence-electron chi connectivity index (χ2n) is 10.5. The smallest absolute Gasteiger partial charge is 0.274 e. The van der Waals surface area contributed by atoms with Crippen LogP contribution in [0.15, 0.2) is 101 Å². The fourth-order valence-electron chi connectivity index (χ4n) is 4.14. The van der Waals surface area contributed by atoms with Crippen LogP contribution in [0, 0.1) is 27.7 Å². The number of hydrogen-bond acceptors (Lipinski definition) is 12. The normalized spacial score (nSPS) is 11.3. The van der Waals surface area contributed by atoms with E-state index in [-0.39, 0.29) is 31.3 Å². The van der Waals surface area contributed by atoms with Crippen molar-refractivity contribution >= 4 is 77.7 Å². The Hall–Kier alpha value is -5.30. The Morgan fingerprint density at radius 2 is 0.940 bits per heavy atom. The molecule has 4 N–H and O–H groups in total. The van der Waals surface area contributed by atoms with Gasteiger partial charge in [-0.15, -0.1) is 22.7 Å². The first-order chi connectivity index (χ1) is 23.8. The fourth-order valence-corrected chi connectivity index (χ4v) is 8.92. The van der Waals surface area contributed by atoms with Gasteiger partial charge < -0.3 is 19.7 Å². The van der Waals surface area contributed by atoms with Crippen molar-refractivity contribution in [3.63, 3.8) is 0 Å². The number of amides is 2. The maximum absolute atomic E-state index is 12.6. The lowest BCUT2D eigenvalue weighted by molar-refractivity contribution is 0.101. The molecule has 0 saturated carbocycles. The van der Waals surface area contributed by atoms with E-state index in [0.717, 1.165) is 22.7 Å². The molecule has 0 aliphatic rings. The van der Waals surface area contributed by atoms with Gasteiger partial charge in [0.15, 0.2) is 8.42 Å². The molecule has 0 atom stereocenters. The van der Waals surface area contributed by atoms with Crippen molar-refractivity contribution in [3.05, 3.63) is 117 Å². The highest BCUT2D eigenvalue weighted by molar-refractivity contribution is 7.95. The molecule has 2 aromatic carbocycles. The minimum absolute atomic E-state index is 0.0420. The number of carbonyl (C=O) groups is 2. The first-order valence-electron chi connectivity index (χ1n) is 14.6. The van der Waals surface area contributed by atoms with E-state index in [1.807, 2.05) is 12.1 Å². The van der Waals surface area contributed by atoms with Gasteiger partial charge in [-0.05, 0) is 74.9 Å². The van der Waals surface area contributed by atoms with Crippen LogP contribution in [-0.2, 0) is 20.0 Å². The molecular formula is C32H30N6O8S4. The summed E-state index contributed by atoms with van der Waals surface area (Å²) in [5, 5.41) is 15.9. The summed E-state index contributed by atoms with van der Waals surface area (Å²) in [7, 11) is -7.95. The van der Waals surface area contributed by atoms with E-state index in [1.165, 1.54) is 12.1 Å². The largest absolute Gasteiger partial charge is 0.337 e. The Labute approximate surface area is 295 Å². The zero-order valence-corrected chi connectivity index (χ0v) is 30.1.